The van der Waals surface area contributed by atoms with E-state index in [4.69, 9.17) is 4.42 Å². The number of halogens is 1. The van der Waals surface area contributed by atoms with Gasteiger partial charge < -0.3 is 21.4 Å². The first-order valence-electron chi connectivity index (χ1n) is 9.94. The van der Waals surface area contributed by atoms with Crippen LogP contribution in [0.2, 0.25) is 0 Å². The molecule has 3 nitrogen and oxygen atoms in total. The molecule has 2 aromatic heterocycles. The van der Waals surface area contributed by atoms with Gasteiger partial charge in [0.25, 0.3) is 5.82 Å². The molecule has 0 fully saturated rings. The molecule has 0 aliphatic carbocycles. The number of rotatable bonds is 5. The lowest BCUT2D eigenvalue weighted by molar-refractivity contribution is -0.694. The van der Waals surface area contributed by atoms with Crippen molar-refractivity contribution in [3.05, 3.63) is 126 Å². The van der Waals surface area contributed by atoms with Crippen molar-refractivity contribution in [1.29, 1.82) is 0 Å². The molecule has 1 unspecified atom stereocenters. The van der Waals surface area contributed by atoms with Gasteiger partial charge in [0.1, 0.15) is 24.5 Å². The van der Waals surface area contributed by atoms with E-state index in [1.54, 1.807) is 0 Å². The molecule has 0 aliphatic heterocycles. The van der Waals surface area contributed by atoms with Gasteiger partial charge in [0.05, 0.1) is 0 Å². The van der Waals surface area contributed by atoms with Crippen LogP contribution in [0.1, 0.15) is 28.8 Å². The molecule has 4 heteroatoms. The zero-order valence-electron chi connectivity index (χ0n) is 16.8. The number of benzene rings is 3. The van der Waals surface area contributed by atoms with E-state index in [0.717, 1.165) is 23.3 Å². The molecule has 5 aromatic rings. The van der Waals surface area contributed by atoms with Crippen LogP contribution in [0, 0.1) is 6.92 Å². The molecule has 0 N–H and O–H groups in total. The highest BCUT2D eigenvalue weighted by atomic mass is 79.9. The molecule has 0 spiro atoms. The fraction of sp³-hybridized carbons (Fsp3) is 0.115. The van der Waals surface area contributed by atoms with Crippen LogP contribution in [0.5, 0.6) is 0 Å². The van der Waals surface area contributed by atoms with E-state index in [9.17, 15) is 0 Å². The highest BCUT2D eigenvalue weighted by molar-refractivity contribution is 5.78. The molecule has 1 atom stereocenters. The Balaban J connectivity index is 0.00000218. The van der Waals surface area contributed by atoms with Crippen molar-refractivity contribution in [3.8, 4) is 0 Å². The van der Waals surface area contributed by atoms with Crippen LogP contribution in [0.3, 0.4) is 0 Å². The predicted molar refractivity (Wildman–Crippen MR) is 115 cm³/mol. The van der Waals surface area contributed by atoms with Gasteiger partial charge in [-0.3, -0.25) is 0 Å². The number of imidazole rings is 1. The van der Waals surface area contributed by atoms with Crippen molar-refractivity contribution in [2.75, 3.05) is 0 Å². The fourth-order valence-corrected chi connectivity index (χ4v) is 3.97. The average Bonchev–Trinajstić information content (AvgIpc) is 3.34. The van der Waals surface area contributed by atoms with E-state index < -0.39 is 0 Å². The first-order chi connectivity index (χ1) is 14.3. The smallest absolute Gasteiger partial charge is 0.254 e. The van der Waals surface area contributed by atoms with Gasteiger partial charge in [0.15, 0.2) is 11.8 Å². The van der Waals surface area contributed by atoms with E-state index in [1.165, 1.54) is 17.0 Å². The van der Waals surface area contributed by atoms with E-state index in [1.807, 2.05) is 18.2 Å². The molecule has 150 valence electrons. The van der Waals surface area contributed by atoms with Gasteiger partial charge in [-0.1, -0.05) is 78.9 Å². The van der Waals surface area contributed by atoms with Crippen LogP contribution < -0.4 is 21.5 Å². The number of hydrogen-bond donors (Lipinski definition) is 0. The zero-order valence-corrected chi connectivity index (χ0v) is 18.4. The summed E-state index contributed by atoms with van der Waals surface area (Å²) in [5.41, 5.74) is 3.42. The lowest BCUT2D eigenvalue weighted by Crippen LogP contribution is -3.00. The predicted octanol–water partition coefficient (Wildman–Crippen LogP) is 2.52. The summed E-state index contributed by atoms with van der Waals surface area (Å²) in [7, 11) is 0. The summed E-state index contributed by atoms with van der Waals surface area (Å²) in [6, 6.07) is 31.5. The van der Waals surface area contributed by atoms with E-state index in [0.29, 0.717) is 0 Å². The minimum absolute atomic E-state index is 0. The summed E-state index contributed by atoms with van der Waals surface area (Å²) < 4.78 is 10.9. The Morgan fingerprint density at radius 2 is 1.53 bits per heavy atom. The lowest BCUT2D eigenvalue weighted by atomic mass is 10.0. The van der Waals surface area contributed by atoms with Crippen LogP contribution in [0.4, 0.5) is 0 Å². The zero-order chi connectivity index (χ0) is 19.6. The Morgan fingerprint density at radius 1 is 0.867 bits per heavy atom. The second-order valence-corrected chi connectivity index (χ2v) is 7.37. The summed E-state index contributed by atoms with van der Waals surface area (Å²) >= 11 is 0. The maximum absolute atomic E-state index is 6.29. The topological polar surface area (TPSA) is 21.9 Å². The molecular formula is C26H23BrN2O. The third-order valence-corrected chi connectivity index (χ3v) is 5.50. The number of furan rings is 1. The highest BCUT2D eigenvalue weighted by Crippen LogP contribution is 2.31. The molecule has 3 aromatic carbocycles. The van der Waals surface area contributed by atoms with Gasteiger partial charge in [0.2, 0.25) is 0 Å². The molecule has 5 rings (SSSR count). The SMILES string of the molecule is Cc1n(C(c2ccccc2)c2cc3ccccc3o2)cc[n+]1Cc1ccccc1.[Br-]. The molecule has 0 radical (unpaired) electrons. The maximum atomic E-state index is 6.29. The van der Waals surface area contributed by atoms with Gasteiger partial charge in [-0.2, -0.15) is 0 Å². The monoisotopic (exact) mass is 458 g/mol. The molecule has 0 aliphatic rings. The first-order valence-corrected chi connectivity index (χ1v) is 9.94. The van der Waals surface area contributed by atoms with Crippen LogP contribution in [0.25, 0.3) is 11.0 Å². The quantitative estimate of drug-likeness (QED) is 0.371. The molecule has 2 heterocycles. The van der Waals surface area contributed by atoms with Crippen LogP contribution in [-0.4, -0.2) is 4.57 Å². The van der Waals surface area contributed by atoms with E-state index in [2.05, 4.69) is 101 Å². The fourth-order valence-electron chi connectivity index (χ4n) is 3.97. The number of aromatic nitrogens is 2. The Morgan fingerprint density at radius 3 is 2.27 bits per heavy atom. The number of fused-ring (bicyclic) bond motifs is 1. The lowest BCUT2D eigenvalue weighted by Gasteiger charge is -2.13. The molecule has 0 amide bonds. The van der Waals surface area contributed by atoms with Gasteiger partial charge in [-0.05, 0) is 17.7 Å². The molecule has 0 saturated heterocycles. The summed E-state index contributed by atoms with van der Waals surface area (Å²) in [6.07, 6.45) is 4.31. The van der Waals surface area contributed by atoms with E-state index in [-0.39, 0.29) is 23.0 Å². The second kappa shape index (κ2) is 8.72. The maximum Gasteiger partial charge on any atom is 0.254 e. The standard InChI is InChI=1S/C26H23N2O.BrH/c1-20-27(19-21-10-4-2-5-11-21)16-17-28(20)26(22-12-6-3-7-13-22)25-18-23-14-8-9-15-24(23)29-25;/h2-18,26H,19H2,1H3;1H/q+1;/p-1. The van der Waals surface area contributed by atoms with Gasteiger partial charge in [0, 0.05) is 17.9 Å². The third kappa shape index (κ3) is 3.83. The van der Waals surface area contributed by atoms with Gasteiger partial charge in [-0.15, -0.1) is 0 Å². The Labute approximate surface area is 187 Å². The Hall–Kier alpha value is -3.11. The van der Waals surface area contributed by atoms with Crippen molar-refractivity contribution in [3.63, 3.8) is 0 Å². The van der Waals surface area contributed by atoms with Crippen molar-refractivity contribution in [1.82, 2.24) is 4.57 Å². The van der Waals surface area contributed by atoms with Crippen LogP contribution in [-0.2, 0) is 6.54 Å². The van der Waals surface area contributed by atoms with E-state index >= 15 is 0 Å². The molecule has 30 heavy (non-hydrogen) atoms. The number of nitrogens with zero attached hydrogens (tertiary/aromatic N) is 2. The van der Waals surface area contributed by atoms with Gasteiger partial charge in [-0.25, -0.2) is 9.13 Å². The minimum Gasteiger partial charge on any atom is -1.00 e. The first kappa shape index (κ1) is 20.2. The minimum atomic E-state index is -0.0133. The van der Waals surface area contributed by atoms with Gasteiger partial charge >= 0.3 is 0 Å². The van der Waals surface area contributed by atoms with Crippen molar-refractivity contribution in [2.45, 2.75) is 19.5 Å². The number of para-hydroxylation sites is 1. The summed E-state index contributed by atoms with van der Waals surface area (Å²) in [6.45, 7) is 3.02. The second-order valence-electron chi connectivity index (χ2n) is 7.37. The highest BCUT2D eigenvalue weighted by Gasteiger charge is 2.28. The summed E-state index contributed by atoms with van der Waals surface area (Å²) in [5, 5.41) is 1.13. The Bertz CT molecular complexity index is 1210. The normalized spacial score (nSPS) is 11.9. The summed E-state index contributed by atoms with van der Waals surface area (Å²) in [4.78, 5) is 0. The molecule has 0 saturated carbocycles. The summed E-state index contributed by atoms with van der Waals surface area (Å²) in [5.74, 6) is 2.13. The Kier molecular flexibility index (Phi) is 5.86. The molecular weight excluding hydrogens is 436 g/mol. The third-order valence-electron chi connectivity index (χ3n) is 5.50. The van der Waals surface area contributed by atoms with Crippen molar-refractivity contribution in [2.24, 2.45) is 0 Å². The van der Waals surface area contributed by atoms with Crippen LogP contribution in [0.15, 0.2) is 108 Å². The van der Waals surface area contributed by atoms with Crippen molar-refractivity contribution < 1.29 is 26.0 Å². The molecule has 0 bridgehead atoms. The average molecular weight is 459 g/mol. The number of hydrogen-bond acceptors (Lipinski definition) is 1. The van der Waals surface area contributed by atoms with Crippen molar-refractivity contribution >= 4 is 11.0 Å². The van der Waals surface area contributed by atoms with Crippen LogP contribution >= 0.6 is 0 Å². The largest absolute Gasteiger partial charge is 1.00 e.